The highest BCUT2D eigenvalue weighted by atomic mass is 19.4. The third-order valence-electron chi connectivity index (χ3n) is 7.38. The van der Waals surface area contributed by atoms with E-state index in [9.17, 15) is 18.0 Å². The molecule has 2 aromatic carbocycles. The fourth-order valence-corrected chi connectivity index (χ4v) is 5.09. The largest absolute Gasteiger partial charge is 0.434 e. The quantitative estimate of drug-likeness (QED) is 0.478. The lowest BCUT2D eigenvalue weighted by molar-refractivity contribution is -0.141. The molecule has 0 N–H and O–H groups in total. The zero-order chi connectivity index (χ0) is 25.1. The van der Waals surface area contributed by atoms with Gasteiger partial charge in [-0.2, -0.15) is 13.2 Å². The number of benzene rings is 2. The van der Waals surface area contributed by atoms with Gasteiger partial charge in [0.15, 0.2) is 5.69 Å². The molecule has 186 valence electrons. The first-order valence-electron chi connectivity index (χ1n) is 12.1. The average molecular weight is 495 g/mol. The van der Waals surface area contributed by atoms with Crippen LogP contribution in [0, 0.1) is 6.92 Å². The monoisotopic (exact) mass is 494 g/mol. The van der Waals surface area contributed by atoms with Crippen molar-refractivity contribution in [2.24, 2.45) is 5.16 Å². The molecule has 6 nitrogen and oxygen atoms in total. The highest BCUT2D eigenvalue weighted by Crippen LogP contribution is 2.43. The van der Waals surface area contributed by atoms with Crippen LogP contribution >= 0.6 is 0 Å². The fraction of sp³-hybridized carbons (Fsp3) is 0.370. The van der Waals surface area contributed by atoms with E-state index in [0.717, 1.165) is 53.4 Å². The number of hydrogen-bond donors (Lipinski definition) is 0. The van der Waals surface area contributed by atoms with Gasteiger partial charge in [0.2, 0.25) is 0 Å². The summed E-state index contributed by atoms with van der Waals surface area (Å²) in [6.45, 7) is 2.60. The number of fused-ring (bicyclic) bond motifs is 1. The van der Waals surface area contributed by atoms with Gasteiger partial charge in [-0.1, -0.05) is 35.0 Å². The van der Waals surface area contributed by atoms with Crippen LogP contribution in [0.3, 0.4) is 0 Å². The Morgan fingerprint density at radius 3 is 2.44 bits per heavy atom. The van der Waals surface area contributed by atoms with Crippen molar-refractivity contribution in [3.05, 3.63) is 76.9 Å². The normalized spacial score (nSPS) is 18.4. The summed E-state index contributed by atoms with van der Waals surface area (Å²) in [4.78, 5) is 24.7. The summed E-state index contributed by atoms with van der Waals surface area (Å²) in [5.41, 5.74) is 3.97. The minimum Gasteiger partial charge on any atom is -0.389 e. The number of aromatic nitrogens is 2. The van der Waals surface area contributed by atoms with E-state index < -0.39 is 11.9 Å². The second-order valence-corrected chi connectivity index (χ2v) is 9.97. The molecule has 3 aromatic rings. The number of carbonyl (C=O) groups is 1. The highest BCUT2D eigenvalue weighted by Gasteiger charge is 2.45. The van der Waals surface area contributed by atoms with Gasteiger partial charge in [0.05, 0.1) is 12.3 Å². The molecule has 0 saturated heterocycles. The van der Waals surface area contributed by atoms with Crippen molar-refractivity contribution in [1.29, 1.82) is 0 Å². The van der Waals surface area contributed by atoms with Crippen LogP contribution in [0.15, 0.2) is 53.8 Å². The summed E-state index contributed by atoms with van der Waals surface area (Å²) < 4.78 is 40.8. The van der Waals surface area contributed by atoms with Crippen molar-refractivity contribution in [1.82, 2.24) is 14.5 Å². The Hall–Kier alpha value is -3.62. The van der Waals surface area contributed by atoms with E-state index in [4.69, 9.17) is 4.84 Å². The molecular weight excluding hydrogens is 469 g/mol. The number of imidazole rings is 1. The van der Waals surface area contributed by atoms with Crippen LogP contribution in [-0.2, 0) is 24.1 Å². The Morgan fingerprint density at radius 2 is 1.78 bits per heavy atom. The average Bonchev–Trinajstić information content (AvgIpc) is 3.48. The SMILES string of the molecule is Cc1ccc(-c2cc(C(=O)N3CCn4cc(C(F)(F)F)nc4C3)cc(C3=NOC4(CCC4)C3)c2)cc1. The van der Waals surface area contributed by atoms with Crippen molar-refractivity contribution in [2.45, 2.75) is 57.5 Å². The van der Waals surface area contributed by atoms with Gasteiger partial charge in [-0.3, -0.25) is 4.79 Å². The van der Waals surface area contributed by atoms with Crippen LogP contribution in [0.5, 0.6) is 0 Å². The second kappa shape index (κ2) is 8.21. The standard InChI is InChI=1S/C27H25F3N4O2/c1-17-3-5-18(6-4-17)19-11-20(22-14-26(36-32-22)7-2-8-26)13-21(12-19)25(35)34-10-9-33-15-23(27(28,29)30)31-24(33)16-34/h3-6,11-13,15H,2,7-10,14,16H2,1H3. The first-order valence-corrected chi connectivity index (χ1v) is 12.1. The maximum absolute atomic E-state index is 13.6. The summed E-state index contributed by atoms with van der Waals surface area (Å²) in [5.74, 6) is -0.0109. The molecule has 6 rings (SSSR count). The van der Waals surface area contributed by atoms with E-state index in [1.54, 1.807) is 4.90 Å². The fourth-order valence-electron chi connectivity index (χ4n) is 5.09. The van der Waals surface area contributed by atoms with E-state index in [0.29, 0.717) is 18.5 Å². The van der Waals surface area contributed by atoms with Gasteiger partial charge >= 0.3 is 6.18 Å². The number of hydrogen-bond acceptors (Lipinski definition) is 4. The molecular formula is C27H25F3N4O2. The summed E-state index contributed by atoms with van der Waals surface area (Å²) in [6.07, 6.45) is 0.281. The van der Waals surface area contributed by atoms with Gasteiger partial charge in [0.1, 0.15) is 11.4 Å². The van der Waals surface area contributed by atoms with Gasteiger partial charge < -0.3 is 14.3 Å². The van der Waals surface area contributed by atoms with Crippen molar-refractivity contribution < 1.29 is 22.8 Å². The maximum atomic E-state index is 13.6. The number of halogens is 3. The molecule has 0 atom stereocenters. The second-order valence-electron chi connectivity index (χ2n) is 9.97. The Balaban J connectivity index is 1.33. The molecule has 1 amide bonds. The number of aryl methyl sites for hydroxylation is 1. The maximum Gasteiger partial charge on any atom is 0.434 e. The Labute approximate surface area is 206 Å². The van der Waals surface area contributed by atoms with Gasteiger partial charge in [-0.15, -0.1) is 0 Å². The van der Waals surface area contributed by atoms with Gasteiger partial charge in [-0.25, -0.2) is 4.98 Å². The van der Waals surface area contributed by atoms with Gasteiger partial charge in [0.25, 0.3) is 5.91 Å². The molecule has 0 unspecified atom stereocenters. The summed E-state index contributed by atoms with van der Waals surface area (Å²) >= 11 is 0. The molecule has 1 fully saturated rings. The van der Waals surface area contributed by atoms with E-state index in [1.165, 1.54) is 4.57 Å². The number of alkyl halides is 3. The van der Waals surface area contributed by atoms with Crippen molar-refractivity contribution in [3.63, 3.8) is 0 Å². The lowest BCUT2D eigenvalue weighted by Crippen LogP contribution is -2.38. The molecule has 1 saturated carbocycles. The molecule has 1 aromatic heterocycles. The molecule has 3 aliphatic rings. The smallest absolute Gasteiger partial charge is 0.389 e. The zero-order valence-electron chi connectivity index (χ0n) is 19.8. The Kier molecular flexibility index (Phi) is 5.21. The van der Waals surface area contributed by atoms with E-state index >= 15 is 0 Å². The number of nitrogens with zero attached hydrogens (tertiary/aromatic N) is 4. The Bertz CT molecular complexity index is 1370. The van der Waals surface area contributed by atoms with Gasteiger partial charge in [-0.05, 0) is 55.5 Å². The number of carbonyl (C=O) groups excluding carboxylic acids is 1. The van der Waals surface area contributed by atoms with Crippen LogP contribution in [0.4, 0.5) is 13.2 Å². The molecule has 1 spiro atoms. The first kappa shape index (κ1) is 22.8. The minimum atomic E-state index is -4.52. The van der Waals surface area contributed by atoms with Gasteiger partial charge in [0, 0.05) is 36.8 Å². The predicted octanol–water partition coefficient (Wildman–Crippen LogP) is 5.58. The molecule has 0 radical (unpaired) electrons. The lowest BCUT2D eigenvalue weighted by Gasteiger charge is -2.34. The number of rotatable bonds is 3. The molecule has 1 aliphatic carbocycles. The molecule has 9 heteroatoms. The van der Waals surface area contributed by atoms with Crippen LogP contribution in [-0.4, -0.2) is 38.2 Å². The lowest BCUT2D eigenvalue weighted by atomic mass is 9.76. The first-order chi connectivity index (χ1) is 17.2. The predicted molar refractivity (Wildman–Crippen MR) is 127 cm³/mol. The number of oxime groups is 1. The third kappa shape index (κ3) is 4.06. The van der Waals surface area contributed by atoms with Crippen LogP contribution in [0.1, 0.15) is 58.7 Å². The topological polar surface area (TPSA) is 59.7 Å². The van der Waals surface area contributed by atoms with Crippen LogP contribution < -0.4 is 0 Å². The van der Waals surface area contributed by atoms with E-state index in [2.05, 4.69) is 10.1 Å². The van der Waals surface area contributed by atoms with Crippen molar-refractivity contribution in [3.8, 4) is 11.1 Å². The molecule has 2 aliphatic heterocycles. The van der Waals surface area contributed by atoms with Crippen molar-refractivity contribution >= 4 is 11.6 Å². The summed E-state index contributed by atoms with van der Waals surface area (Å²) in [7, 11) is 0. The molecule has 0 bridgehead atoms. The van der Waals surface area contributed by atoms with Crippen molar-refractivity contribution in [2.75, 3.05) is 6.54 Å². The van der Waals surface area contributed by atoms with Crippen LogP contribution in [0.2, 0.25) is 0 Å². The third-order valence-corrected chi connectivity index (χ3v) is 7.38. The summed E-state index contributed by atoms with van der Waals surface area (Å²) in [5, 5.41) is 4.37. The van der Waals surface area contributed by atoms with E-state index in [1.807, 2.05) is 49.4 Å². The highest BCUT2D eigenvalue weighted by molar-refractivity contribution is 6.05. The molecule has 3 heterocycles. The van der Waals surface area contributed by atoms with Crippen LogP contribution in [0.25, 0.3) is 11.1 Å². The molecule has 36 heavy (non-hydrogen) atoms. The zero-order valence-corrected chi connectivity index (χ0v) is 19.8. The Morgan fingerprint density at radius 1 is 1.03 bits per heavy atom. The summed E-state index contributed by atoms with van der Waals surface area (Å²) in [6, 6.07) is 13.8. The number of amides is 1. The minimum absolute atomic E-state index is 0.0200. The van der Waals surface area contributed by atoms with E-state index in [-0.39, 0.29) is 30.4 Å².